The summed E-state index contributed by atoms with van der Waals surface area (Å²) in [5.74, 6) is -0.126. The molecule has 0 amide bonds. The first kappa shape index (κ1) is 12.4. The molecule has 94 valence electrons. The van der Waals surface area contributed by atoms with Gasteiger partial charge < -0.3 is 9.84 Å². The number of allylic oxidation sites excluding steroid dienone is 2. The van der Waals surface area contributed by atoms with Crippen LogP contribution in [0.3, 0.4) is 0 Å². The van der Waals surface area contributed by atoms with Crippen LogP contribution in [-0.4, -0.2) is 23.8 Å². The first-order valence-electron chi connectivity index (χ1n) is 6.04. The van der Waals surface area contributed by atoms with Crippen LogP contribution in [0.4, 0.5) is 0 Å². The Balaban J connectivity index is 2.36. The summed E-state index contributed by atoms with van der Waals surface area (Å²) in [6.45, 7) is 7.88. The molecule has 4 atom stereocenters. The zero-order chi connectivity index (χ0) is 12.8. The van der Waals surface area contributed by atoms with Crippen LogP contribution in [0.15, 0.2) is 23.8 Å². The number of carbonyl (C=O) groups is 1. The summed E-state index contributed by atoms with van der Waals surface area (Å²) in [5, 5.41) is 10.8. The summed E-state index contributed by atoms with van der Waals surface area (Å²) in [5.41, 5.74) is 0.952. The van der Waals surface area contributed by atoms with E-state index in [9.17, 15) is 9.90 Å². The van der Waals surface area contributed by atoms with Gasteiger partial charge in [0.15, 0.2) is 0 Å². The number of fused-ring (bicyclic) bond motifs is 2. The molecule has 3 nitrogen and oxygen atoms in total. The number of methoxy groups -OCH3 is 1. The average Bonchev–Trinajstić information content (AvgIpc) is 2.28. The third-order valence-corrected chi connectivity index (χ3v) is 4.40. The van der Waals surface area contributed by atoms with Gasteiger partial charge >= 0.3 is 5.97 Å². The van der Waals surface area contributed by atoms with Crippen LogP contribution >= 0.6 is 0 Å². The first-order chi connectivity index (χ1) is 7.90. The predicted molar refractivity (Wildman–Crippen MR) is 65.2 cm³/mol. The maximum Gasteiger partial charge on any atom is 0.311 e. The van der Waals surface area contributed by atoms with Crippen molar-refractivity contribution in [3.05, 3.63) is 23.8 Å². The minimum absolute atomic E-state index is 0.282. The van der Waals surface area contributed by atoms with Gasteiger partial charge in [-0.1, -0.05) is 18.2 Å². The summed E-state index contributed by atoms with van der Waals surface area (Å²) in [7, 11) is 1.38. The second kappa shape index (κ2) is 3.98. The normalized spacial score (nSPS) is 39.8. The second-order valence-electron chi connectivity index (χ2n) is 5.41. The summed E-state index contributed by atoms with van der Waals surface area (Å²) in [6, 6.07) is 0. The Morgan fingerprint density at radius 3 is 2.82 bits per heavy atom. The third kappa shape index (κ3) is 1.73. The van der Waals surface area contributed by atoms with Gasteiger partial charge in [-0.2, -0.15) is 0 Å². The van der Waals surface area contributed by atoms with Crippen LogP contribution in [0.1, 0.15) is 26.7 Å². The molecular weight excluding hydrogens is 216 g/mol. The highest BCUT2D eigenvalue weighted by atomic mass is 16.5. The second-order valence-corrected chi connectivity index (χ2v) is 5.41. The molecule has 1 fully saturated rings. The SMILES string of the molecule is C=C(C)[C@H]1C[C@@]2(O)C(C)=C[C@@H]1C[C@H]2C(=O)OC. The van der Waals surface area contributed by atoms with E-state index in [0.717, 1.165) is 11.1 Å². The fourth-order valence-corrected chi connectivity index (χ4v) is 3.32. The lowest BCUT2D eigenvalue weighted by molar-refractivity contribution is -0.160. The molecule has 0 aromatic carbocycles. The molecule has 0 heterocycles. The van der Waals surface area contributed by atoms with Gasteiger partial charge in [-0.05, 0) is 44.1 Å². The highest BCUT2D eigenvalue weighted by Crippen LogP contribution is 2.52. The van der Waals surface area contributed by atoms with E-state index in [-0.39, 0.29) is 11.9 Å². The van der Waals surface area contributed by atoms with Crippen LogP contribution in [0.25, 0.3) is 0 Å². The summed E-state index contributed by atoms with van der Waals surface area (Å²) in [4.78, 5) is 11.8. The van der Waals surface area contributed by atoms with Gasteiger partial charge in [0.25, 0.3) is 0 Å². The van der Waals surface area contributed by atoms with Crippen molar-refractivity contribution in [2.45, 2.75) is 32.3 Å². The molecule has 1 N–H and O–H groups in total. The third-order valence-electron chi connectivity index (χ3n) is 4.40. The number of hydrogen-bond acceptors (Lipinski definition) is 3. The summed E-state index contributed by atoms with van der Waals surface area (Å²) < 4.78 is 4.80. The Kier molecular flexibility index (Phi) is 2.90. The molecule has 3 rings (SSSR count). The molecule has 1 saturated carbocycles. The number of ether oxygens (including phenoxy) is 1. The van der Waals surface area contributed by atoms with E-state index in [2.05, 4.69) is 12.7 Å². The zero-order valence-corrected chi connectivity index (χ0v) is 10.7. The van der Waals surface area contributed by atoms with Crippen molar-refractivity contribution in [3.8, 4) is 0 Å². The van der Waals surface area contributed by atoms with E-state index in [4.69, 9.17) is 4.74 Å². The topological polar surface area (TPSA) is 46.5 Å². The lowest BCUT2D eigenvalue weighted by atomic mass is 9.57. The molecule has 3 aliphatic rings. The summed E-state index contributed by atoms with van der Waals surface area (Å²) >= 11 is 0. The molecule has 17 heavy (non-hydrogen) atoms. The van der Waals surface area contributed by atoms with Gasteiger partial charge in [0.1, 0.15) is 0 Å². The van der Waals surface area contributed by atoms with Crippen molar-refractivity contribution >= 4 is 5.97 Å². The van der Waals surface area contributed by atoms with E-state index < -0.39 is 11.5 Å². The Hall–Kier alpha value is -1.09. The maximum atomic E-state index is 11.8. The van der Waals surface area contributed by atoms with E-state index in [1.165, 1.54) is 7.11 Å². The van der Waals surface area contributed by atoms with Crippen LogP contribution in [0, 0.1) is 17.8 Å². The number of hydrogen-bond donors (Lipinski definition) is 1. The van der Waals surface area contributed by atoms with Gasteiger partial charge in [0.05, 0.1) is 18.6 Å². The zero-order valence-electron chi connectivity index (χ0n) is 10.7. The Morgan fingerprint density at radius 2 is 2.29 bits per heavy atom. The van der Waals surface area contributed by atoms with Crippen molar-refractivity contribution in [1.82, 2.24) is 0 Å². The van der Waals surface area contributed by atoms with Gasteiger partial charge in [-0.25, -0.2) is 0 Å². The largest absolute Gasteiger partial charge is 0.469 e. The minimum Gasteiger partial charge on any atom is -0.469 e. The number of carbonyl (C=O) groups excluding carboxylic acids is 1. The van der Waals surface area contributed by atoms with Gasteiger partial charge in [-0.15, -0.1) is 0 Å². The minimum atomic E-state index is -1.04. The Labute approximate surface area is 102 Å². The van der Waals surface area contributed by atoms with Crippen LogP contribution in [-0.2, 0) is 9.53 Å². The molecule has 0 aliphatic heterocycles. The standard InChI is InChI=1S/C14H20O3/c1-8(2)11-7-14(16)9(3)5-10(11)6-12(14)13(15)17-4/h5,10-12,16H,1,6-7H2,2-4H3/t10-,11-,12+,14-/m1/s1. The Bertz CT molecular complexity index is 396. The van der Waals surface area contributed by atoms with Crippen molar-refractivity contribution in [2.24, 2.45) is 17.8 Å². The number of esters is 1. The van der Waals surface area contributed by atoms with E-state index in [1.807, 2.05) is 13.8 Å². The molecule has 0 unspecified atom stereocenters. The highest BCUT2D eigenvalue weighted by Gasteiger charge is 2.54. The molecule has 0 aromatic rings. The van der Waals surface area contributed by atoms with Crippen molar-refractivity contribution in [2.75, 3.05) is 7.11 Å². The molecule has 0 aromatic heterocycles. The van der Waals surface area contributed by atoms with Crippen molar-refractivity contribution in [3.63, 3.8) is 0 Å². The fraction of sp³-hybridized carbons (Fsp3) is 0.643. The van der Waals surface area contributed by atoms with Crippen LogP contribution < -0.4 is 0 Å². The average molecular weight is 236 g/mol. The van der Waals surface area contributed by atoms with E-state index >= 15 is 0 Å². The van der Waals surface area contributed by atoms with Gasteiger partial charge in [0, 0.05) is 0 Å². The van der Waals surface area contributed by atoms with E-state index in [0.29, 0.717) is 18.8 Å². The smallest absolute Gasteiger partial charge is 0.311 e. The quantitative estimate of drug-likeness (QED) is 0.589. The van der Waals surface area contributed by atoms with Crippen LogP contribution in [0.5, 0.6) is 0 Å². The van der Waals surface area contributed by atoms with Gasteiger partial charge in [0.2, 0.25) is 0 Å². The summed E-state index contributed by atoms with van der Waals surface area (Å²) in [6.07, 6.45) is 3.36. The monoisotopic (exact) mass is 236 g/mol. The first-order valence-corrected chi connectivity index (χ1v) is 6.04. The molecule has 3 heteroatoms. The maximum absolute atomic E-state index is 11.8. The van der Waals surface area contributed by atoms with Crippen molar-refractivity contribution in [1.29, 1.82) is 0 Å². The highest BCUT2D eigenvalue weighted by molar-refractivity contribution is 5.75. The molecule has 0 saturated heterocycles. The predicted octanol–water partition coefficient (Wildman–Crippen LogP) is 2.07. The molecule has 2 bridgehead atoms. The lowest BCUT2D eigenvalue weighted by Gasteiger charge is -2.50. The molecule has 0 radical (unpaired) electrons. The van der Waals surface area contributed by atoms with Gasteiger partial charge in [-0.3, -0.25) is 4.79 Å². The number of rotatable bonds is 2. The molecule has 0 spiro atoms. The van der Waals surface area contributed by atoms with E-state index in [1.54, 1.807) is 0 Å². The van der Waals surface area contributed by atoms with Crippen LogP contribution in [0.2, 0.25) is 0 Å². The lowest BCUT2D eigenvalue weighted by Crippen LogP contribution is -2.54. The molecule has 3 aliphatic carbocycles. The number of aliphatic hydroxyl groups is 1. The Morgan fingerprint density at radius 1 is 1.65 bits per heavy atom. The van der Waals surface area contributed by atoms with Crippen molar-refractivity contribution < 1.29 is 14.6 Å². The molecular formula is C14H20O3. The fourth-order valence-electron chi connectivity index (χ4n) is 3.32.